The van der Waals surface area contributed by atoms with E-state index in [1.165, 1.54) is 0 Å². The molecule has 25 heavy (non-hydrogen) atoms. The van der Waals surface area contributed by atoms with Gasteiger partial charge in [0.2, 0.25) is 11.8 Å². The van der Waals surface area contributed by atoms with Gasteiger partial charge in [0.15, 0.2) is 0 Å². The molecule has 5 nitrogen and oxygen atoms in total. The van der Waals surface area contributed by atoms with Gasteiger partial charge < -0.3 is 4.90 Å². The molecular weight excluding hydrogens is 382 g/mol. The third kappa shape index (κ3) is 4.33. The van der Waals surface area contributed by atoms with Crippen molar-refractivity contribution in [3.63, 3.8) is 0 Å². The van der Waals surface area contributed by atoms with Crippen molar-refractivity contribution in [2.45, 2.75) is 13.3 Å². The SMILES string of the molecule is Cc1ccc(N2C[C@@H](C(=O)NN=Cc3cccc(Br)c3)CC2=O)cc1. The van der Waals surface area contributed by atoms with Crippen LogP contribution in [-0.4, -0.2) is 24.6 Å². The van der Waals surface area contributed by atoms with Crippen LogP contribution in [0.15, 0.2) is 58.1 Å². The second-order valence-corrected chi connectivity index (χ2v) is 6.95. The van der Waals surface area contributed by atoms with Gasteiger partial charge >= 0.3 is 0 Å². The molecule has 0 saturated carbocycles. The van der Waals surface area contributed by atoms with Gasteiger partial charge in [-0.05, 0) is 36.8 Å². The molecule has 0 radical (unpaired) electrons. The van der Waals surface area contributed by atoms with E-state index in [0.29, 0.717) is 6.54 Å². The van der Waals surface area contributed by atoms with E-state index in [1.54, 1.807) is 11.1 Å². The van der Waals surface area contributed by atoms with Crippen molar-refractivity contribution in [3.05, 3.63) is 64.1 Å². The number of carbonyl (C=O) groups excluding carboxylic acids is 2. The Bertz CT molecular complexity index is 818. The molecule has 1 atom stereocenters. The molecule has 0 bridgehead atoms. The summed E-state index contributed by atoms with van der Waals surface area (Å²) in [6.45, 7) is 2.37. The average molecular weight is 400 g/mol. The molecule has 2 amide bonds. The topological polar surface area (TPSA) is 61.8 Å². The predicted molar refractivity (Wildman–Crippen MR) is 102 cm³/mol. The Balaban J connectivity index is 1.60. The minimum absolute atomic E-state index is 0.0417. The number of nitrogens with one attached hydrogen (secondary N) is 1. The lowest BCUT2D eigenvalue weighted by molar-refractivity contribution is -0.126. The molecule has 0 spiro atoms. The smallest absolute Gasteiger partial charge is 0.245 e. The number of amides is 2. The summed E-state index contributed by atoms with van der Waals surface area (Å²) in [6, 6.07) is 15.3. The average Bonchev–Trinajstić information content (AvgIpc) is 2.97. The standard InChI is InChI=1S/C19H18BrN3O2/c1-13-5-7-17(8-6-13)23-12-15(10-18(23)24)19(25)22-21-11-14-3-2-4-16(20)9-14/h2-9,11,15H,10,12H2,1H3,(H,22,25)/t15-/m0/s1. The van der Waals surface area contributed by atoms with E-state index in [1.807, 2.05) is 55.5 Å². The lowest BCUT2D eigenvalue weighted by Crippen LogP contribution is -2.30. The molecule has 0 aromatic heterocycles. The molecule has 128 valence electrons. The number of aryl methyl sites for hydroxylation is 1. The predicted octanol–water partition coefficient (Wildman–Crippen LogP) is 3.26. The van der Waals surface area contributed by atoms with E-state index in [4.69, 9.17) is 0 Å². The number of hydrogen-bond acceptors (Lipinski definition) is 3. The van der Waals surface area contributed by atoms with Crippen LogP contribution in [0, 0.1) is 12.8 Å². The van der Waals surface area contributed by atoms with E-state index in [9.17, 15) is 9.59 Å². The fraction of sp³-hybridized carbons (Fsp3) is 0.211. The summed E-state index contributed by atoms with van der Waals surface area (Å²) >= 11 is 3.38. The first-order chi connectivity index (χ1) is 12.0. The number of carbonyl (C=O) groups is 2. The van der Waals surface area contributed by atoms with Gasteiger partial charge in [-0.25, -0.2) is 5.43 Å². The molecule has 0 aliphatic carbocycles. The van der Waals surface area contributed by atoms with Gasteiger partial charge in [-0.2, -0.15) is 5.10 Å². The molecule has 1 fully saturated rings. The van der Waals surface area contributed by atoms with E-state index < -0.39 is 5.92 Å². The summed E-state index contributed by atoms with van der Waals surface area (Å²) in [5.41, 5.74) is 5.36. The first kappa shape index (κ1) is 17.4. The molecule has 1 aliphatic heterocycles. The van der Waals surface area contributed by atoms with Crippen molar-refractivity contribution in [3.8, 4) is 0 Å². The van der Waals surface area contributed by atoms with Crippen LogP contribution in [-0.2, 0) is 9.59 Å². The maximum atomic E-state index is 12.3. The normalized spacial score (nSPS) is 17.3. The molecule has 6 heteroatoms. The number of rotatable bonds is 4. The number of nitrogens with zero attached hydrogens (tertiary/aromatic N) is 2. The van der Waals surface area contributed by atoms with E-state index in [-0.39, 0.29) is 18.2 Å². The van der Waals surface area contributed by atoms with Crippen molar-refractivity contribution >= 4 is 39.6 Å². The number of anilines is 1. The van der Waals surface area contributed by atoms with Gasteiger partial charge in [0.1, 0.15) is 0 Å². The monoisotopic (exact) mass is 399 g/mol. The van der Waals surface area contributed by atoms with Crippen LogP contribution in [0.1, 0.15) is 17.5 Å². The minimum atomic E-state index is -0.395. The fourth-order valence-electron chi connectivity index (χ4n) is 2.71. The van der Waals surface area contributed by atoms with Crippen molar-refractivity contribution < 1.29 is 9.59 Å². The van der Waals surface area contributed by atoms with Gasteiger partial charge in [-0.1, -0.05) is 45.8 Å². The summed E-state index contributed by atoms with van der Waals surface area (Å²) in [5.74, 6) is -0.678. The van der Waals surface area contributed by atoms with Gasteiger partial charge in [-0.15, -0.1) is 0 Å². The number of halogens is 1. The number of hydrogen-bond donors (Lipinski definition) is 1. The highest BCUT2D eigenvalue weighted by molar-refractivity contribution is 9.10. The van der Waals surface area contributed by atoms with Crippen molar-refractivity contribution in [2.24, 2.45) is 11.0 Å². The molecule has 2 aromatic carbocycles. The van der Waals surface area contributed by atoms with E-state index in [2.05, 4.69) is 26.5 Å². The minimum Gasteiger partial charge on any atom is -0.312 e. The molecule has 1 aliphatic rings. The molecule has 1 N–H and O–H groups in total. The Labute approximate surface area is 154 Å². The Morgan fingerprint density at radius 2 is 2.04 bits per heavy atom. The second-order valence-electron chi connectivity index (χ2n) is 6.03. The zero-order chi connectivity index (χ0) is 17.8. The quantitative estimate of drug-likeness (QED) is 0.633. The molecule has 1 saturated heterocycles. The van der Waals surface area contributed by atoms with Crippen LogP contribution in [0.25, 0.3) is 0 Å². The third-order valence-electron chi connectivity index (χ3n) is 4.08. The third-order valence-corrected chi connectivity index (χ3v) is 4.57. The van der Waals surface area contributed by atoms with Crippen molar-refractivity contribution in [1.29, 1.82) is 0 Å². The Hall–Kier alpha value is -2.47. The van der Waals surface area contributed by atoms with Crippen LogP contribution >= 0.6 is 15.9 Å². The Morgan fingerprint density at radius 1 is 1.28 bits per heavy atom. The lowest BCUT2D eigenvalue weighted by Gasteiger charge is -2.16. The van der Waals surface area contributed by atoms with E-state index in [0.717, 1.165) is 21.3 Å². The highest BCUT2D eigenvalue weighted by Crippen LogP contribution is 2.25. The molecule has 3 rings (SSSR count). The first-order valence-corrected chi connectivity index (χ1v) is 8.78. The van der Waals surface area contributed by atoms with Gasteiger partial charge in [0.05, 0.1) is 12.1 Å². The summed E-state index contributed by atoms with van der Waals surface area (Å²) < 4.78 is 0.943. The summed E-state index contributed by atoms with van der Waals surface area (Å²) in [7, 11) is 0. The zero-order valence-electron chi connectivity index (χ0n) is 13.8. The maximum Gasteiger partial charge on any atom is 0.245 e. The maximum absolute atomic E-state index is 12.3. The highest BCUT2D eigenvalue weighted by atomic mass is 79.9. The molecular formula is C19H18BrN3O2. The molecule has 0 unspecified atom stereocenters. The van der Waals surface area contributed by atoms with Crippen LogP contribution in [0.5, 0.6) is 0 Å². The van der Waals surface area contributed by atoms with E-state index >= 15 is 0 Å². The van der Waals surface area contributed by atoms with Gasteiger partial charge in [0.25, 0.3) is 0 Å². The fourth-order valence-corrected chi connectivity index (χ4v) is 3.12. The number of benzene rings is 2. The second kappa shape index (κ2) is 7.61. The summed E-state index contributed by atoms with van der Waals surface area (Å²) in [5, 5.41) is 3.99. The number of hydrazone groups is 1. The molecule has 2 aromatic rings. The Morgan fingerprint density at radius 3 is 2.76 bits per heavy atom. The first-order valence-electron chi connectivity index (χ1n) is 7.98. The van der Waals surface area contributed by atoms with Crippen LogP contribution < -0.4 is 10.3 Å². The zero-order valence-corrected chi connectivity index (χ0v) is 15.4. The lowest BCUT2D eigenvalue weighted by atomic mass is 10.1. The van der Waals surface area contributed by atoms with Crippen molar-refractivity contribution in [1.82, 2.24) is 5.43 Å². The largest absolute Gasteiger partial charge is 0.312 e. The van der Waals surface area contributed by atoms with Crippen LogP contribution in [0.2, 0.25) is 0 Å². The molecule has 1 heterocycles. The summed E-state index contributed by atoms with van der Waals surface area (Å²) in [6.07, 6.45) is 1.78. The van der Waals surface area contributed by atoms with Gasteiger partial charge in [-0.3, -0.25) is 9.59 Å². The highest BCUT2D eigenvalue weighted by Gasteiger charge is 2.35. The summed E-state index contributed by atoms with van der Waals surface area (Å²) in [4.78, 5) is 26.1. The van der Waals surface area contributed by atoms with Crippen molar-refractivity contribution in [2.75, 3.05) is 11.4 Å². The van der Waals surface area contributed by atoms with Crippen LogP contribution in [0.3, 0.4) is 0 Å². The Kier molecular flexibility index (Phi) is 5.28. The van der Waals surface area contributed by atoms with Crippen LogP contribution in [0.4, 0.5) is 5.69 Å². The van der Waals surface area contributed by atoms with Gasteiger partial charge in [0, 0.05) is 23.1 Å².